The van der Waals surface area contributed by atoms with Gasteiger partial charge < -0.3 is 0 Å². The van der Waals surface area contributed by atoms with Crippen molar-refractivity contribution < 1.29 is 9.00 Å². The van der Waals surface area contributed by atoms with Gasteiger partial charge in [-0.25, -0.2) is 0 Å². The van der Waals surface area contributed by atoms with Gasteiger partial charge in [-0.15, -0.1) is 0 Å². The summed E-state index contributed by atoms with van der Waals surface area (Å²) >= 11 is 0. The molecule has 0 heterocycles. The van der Waals surface area contributed by atoms with E-state index in [0.717, 1.165) is 4.90 Å². The first-order valence-corrected chi connectivity index (χ1v) is 5.11. The zero-order valence-corrected chi connectivity index (χ0v) is 7.85. The van der Waals surface area contributed by atoms with Gasteiger partial charge in [0.25, 0.3) is 0 Å². The summed E-state index contributed by atoms with van der Waals surface area (Å²) in [6.45, 7) is 1.51. The van der Waals surface area contributed by atoms with E-state index in [1.165, 1.54) is 6.92 Å². The predicted molar refractivity (Wildman–Crippen MR) is 48.8 cm³/mol. The monoisotopic (exact) mass is 182 g/mol. The van der Waals surface area contributed by atoms with Gasteiger partial charge in [0.05, 0.1) is 0 Å². The van der Waals surface area contributed by atoms with Gasteiger partial charge in [0.2, 0.25) is 0 Å². The number of rotatable bonds is 2. The van der Waals surface area contributed by atoms with E-state index in [4.69, 9.17) is 0 Å². The fraction of sp³-hybridized carbons (Fsp3) is 0.222. The molecule has 0 N–H and O–H groups in total. The van der Waals surface area contributed by atoms with Crippen molar-refractivity contribution in [2.24, 2.45) is 0 Å². The highest BCUT2D eigenvalue weighted by atomic mass is 32.2. The lowest BCUT2D eigenvalue weighted by atomic mass is 10.2. The molecule has 0 spiro atoms. The molecule has 0 amide bonds. The van der Waals surface area contributed by atoms with E-state index in [1.54, 1.807) is 30.5 Å². The number of benzene rings is 1. The summed E-state index contributed by atoms with van der Waals surface area (Å²) in [5.74, 6) is 0.0310. The fourth-order valence-corrected chi connectivity index (χ4v) is 1.40. The zero-order chi connectivity index (χ0) is 9.14. The first-order chi connectivity index (χ1) is 5.61. The molecule has 1 aromatic rings. The van der Waals surface area contributed by atoms with Crippen LogP contribution >= 0.6 is 0 Å². The van der Waals surface area contributed by atoms with Gasteiger partial charge in [-0.2, -0.15) is 0 Å². The molecule has 3 heteroatoms. The number of hydrogen-bond acceptors (Lipinski definition) is 2. The van der Waals surface area contributed by atoms with Crippen LogP contribution in [0.25, 0.3) is 0 Å². The summed E-state index contributed by atoms with van der Waals surface area (Å²) in [7, 11) is -0.962. The Hall–Kier alpha value is -0.960. The molecule has 64 valence electrons. The molecule has 0 fully saturated rings. The molecule has 1 unspecified atom stereocenters. The van der Waals surface area contributed by atoms with E-state index in [1.807, 2.05) is 0 Å². The van der Waals surface area contributed by atoms with Gasteiger partial charge in [-0.05, 0) is 19.1 Å². The fourth-order valence-electron chi connectivity index (χ4n) is 0.881. The maximum atomic E-state index is 11.0. The van der Waals surface area contributed by atoms with E-state index < -0.39 is 10.8 Å². The zero-order valence-electron chi connectivity index (χ0n) is 7.03. The molecule has 0 bridgehead atoms. The van der Waals surface area contributed by atoms with E-state index in [0.29, 0.717) is 5.56 Å². The molecule has 1 rings (SSSR count). The highest BCUT2D eigenvalue weighted by Crippen LogP contribution is 2.07. The van der Waals surface area contributed by atoms with Crippen molar-refractivity contribution in [1.82, 2.24) is 0 Å². The van der Waals surface area contributed by atoms with Crippen LogP contribution in [0, 0.1) is 0 Å². The lowest BCUT2D eigenvalue weighted by Crippen LogP contribution is -1.93. The molecule has 12 heavy (non-hydrogen) atoms. The number of ketones is 1. The van der Waals surface area contributed by atoms with Crippen LogP contribution in [0.15, 0.2) is 29.2 Å². The van der Waals surface area contributed by atoms with Crippen molar-refractivity contribution in [2.45, 2.75) is 11.8 Å². The molecule has 1 atom stereocenters. The Morgan fingerprint density at radius 3 is 2.08 bits per heavy atom. The standard InChI is InChI=1S/C9H10O2S/c1-7(10)8-3-5-9(6-4-8)12(2)11/h3-6H,1-2H3. The summed E-state index contributed by atoms with van der Waals surface area (Å²) in [6, 6.07) is 6.82. The second kappa shape index (κ2) is 3.63. The summed E-state index contributed by atoms with van der Waals surface area (Å²) in [5, 5.41) is 0. The van der Waals surface area contributed by atoms with Crippen molar-refractivity contribution in [3.63, 3.8) is 0 Å². The minimum Gasteiger partial charge on any atom is -0.295 e. The molecule has 0 aliphatic heterocycles. The van der Waals surface area contributed by atoms with Crippen LogP contribution in [-0.2, 0) is 10.8 Å². The Balaban J connectivity index is 3.01. The maximum Gasteiger partial charge on any atom is 0.159 e. The van der Waals surface area contributed by atoms with E-state index in [2.05, 4.69) is 0 Å². The summed E-state index contributed by atoms with van der Waals surface area (Å²) in [4.78, 5) is 11.6. The van der Waals surface area contributed by atoms with Crippen LogP contribution in [0.2, 0.25) is 0 Å². The Labute approximate surface area is 74.1 Å². The van der Waals surface area contributed by atoms with E-state index in [-0.39, 0.29) is 5.78 Å². The average molecular weight is 182 g/mol. The molecule has 0 saturated heterocycles. The van der Waals surface area contributed by atoms with Crippen LogP contribution in [0.3, 0.4) is 0 Å². The number of carbonyl (C=O) groups excluding carboxylic acids is 1. The van der Waals surface area contributed by atoms with Crippen LogP contribution in [-0.4, -0.2) is 16.2 Å². The average Bonchev–Trinajstić information content (AvgIpc) is 2.04. The summed E-state index contributed by atoms with van der Waals surface area (Å²) in [5.41, 5.74) is 0.657. The predicted octanol–water partition coefficient (Wildman–Crippen LogP) is 1.63. The van der Waals surface area contributed by atoms with Gasteiger partial charge in [-0.1, -0.05) is 12.1 Å². The van der Waals surface area contributed by atoms with Gasteiger partial charge >= 0.3 is 0 Å². The second-order valence-corrected chi connectivity index (χ2v) is 3.91. The lowest BCUT2D eigenvalue weighted by Gasteiger charge is -1.97. The van der Waals surface area contributed by atoms with Gasteiger partial charge in [0, 0.05) is 27.5 Å². The minimum atomic E-state index is -0.962. The Bertz CT molecular complexity index is 281. The summed E-state index contributed by atoms with van der Waals surface area (Å²) < 4.78 is 11.0. The van der Waals surface area contributed by atoms with E-state index >= 15 is 0 Å². The normalized spacial score (nSPS) is 12.5. The molecule has 0 saturated carbocycles. The number of hydrogen-bond donors (Lipinski definition) is 0. The largest absolute Gasteiger partial charge is 0.295 e. The van der Waals surface area contributed by atoms with Crippen molar-refractivity contribution in [3.05, 3.63) is 29.8 Å². The maximum absolute atomic E-state index is 11.0. The molecule has 2 nitrogen and oxygen atoms in total. The van der Waals surface area contributed by atoms with Gasteiger partial charge in [-0.3, -0.25) is 9.00 Å². The Morgan fingerprint density at radius 2 is 1.75 bits per heavy atom. The molecular weight excluding hydrogens is 172 g/mol. The second-order valence-electron chi connectivity index (χ2n) is 2.53. The first-order valence-electron chi connectivity index (χ1n) is 3.55. The number of Topliss-reactive ketones (excluding diaryl/α,β-unsaturated/α-hetero) is 1. The molecule has 0 aromatic heterocycles. The SMILES string of the molecule is CC(=O)c1ccc(S(C)=O)cc1. The molecule has 0 radical (unpaired) electrons. The lowest BCUT2D eigenvalue weighted by molar-refractivity contribution is 0.101. The van der Waals surface area contributed by atoms with Crippen LogP contribution in [0.4, 0.5) is 0 Å². The minimum absolute atomic E-state index is 0.0310. The smallest absolute Gasteiger partial charge is 0.159 e. The van der Waals surface area contributed by atoms with Gasteiger partial charge in [0.15, 0.2) is 5.78 Å². The van der Waals surface area contributed by atoms with Crippen LogP contribution in [0.5, 0.6) is 0 Å². The first kappa shape index (κ1) is 9.13. The van der Waals surface area contributed by atoms with Crippen LogP contribution in [0.1, 0.15) is 17.3 Å². The molecule has 0 aliphatic rings. The highest BCUT2D eigenvalue weighted by molar-refractivity contribution is 7.84. The van der Waals surface area contributed by atoms with Crippen molar-refractivity contribution in [1.29, 1.82) is 0 Å². The number of carbonyl (C=O) groups is 1. The van der Waals surface area contributed by atoms with Crippen molar-refractivity contribution in [2.75, 3.05) is 6.26 Å². The third kappa shape index (κ3) is 2.01. The third-order valence-electron chi connectivity index (χ3n) is 1.59. The quantitative estimate of drug-likeness (QED) is 0.651. The molecular formula is C9H10O2S. The Kier molecular flexibility index (Phi) is 2.76. The Morgan fingerprint density at radius 1 is 1.25 bits per heavy atom. The van der Waals surface area contributed by atoms with E-state index in [9.17, 15) is 9.00 Å². The topological polar surface area (TPSA) is 34.1 Å². The molecule has 1 aromatic carbocycles. The summed E-state index contributed by atoms with van der Waals surface area (Å²) in [6.07, 6.45) is 1.61. The van der Waals surface area contributed by atoms with Crippen molar-refractivity contribution >= 4 is 16.6 Å². The van der Waals surface area contributed by atoms with Gasteiger partial charge in [0.1, 0.15) is 0 Å². The van der Waals surface area contributed by atoms with Crippen LogP contribution < -0.4 is 0 Å². The van der Waals surface area contributed by atoms with Crippen molar-refractivity contribution in [3.8, 4) is 0 Å². The highest BCUT2D eigenvalue weighted by Gasteiger charge is 2.00. The molecule has 0 aliphatic carbocycles. The third-order valence-corrected chi connectivity index (χ3v) is 2.53.